The van der Waals surface area contributed by atoms with Crippen molar-refractivity contribution in [2.75, 3.05) is 10.0 Å². The minimum absolute atomic E-state index is 0.0218. The lowest BCUT2D eigenvalue weighted by Crippen LogP contribution is -2.16. The molecule has 0 saturated carbocycles. The molecule has 3 aromatic rings. The summed E-state index contributed by atoms with van der Waals surface area (Å²) in [6.45, 7) is 3.52. The molecule has 0 aliphatic rings. The second-order valence-corrected chi connectivity index (χ2v) is 8.60. The van der Waals surface area contributed by atoms with Crippen LogP contribution >= 0.6 is 11.3 Å². The van der Waals surface area contributed by atoms with Crippen LogP contribution in [0.4, 0.5) is 11.6 Å². The summed E-state index contributed by atoms with van der Waals surface area (Å²) in [5.74, 6) is -0.278. The normalized spacial score (nSPS) is 11.5. The standard InChI is InChI=1S/C19H18N4O3S2/c1-13-12-14(2)21-19(20-13)23-28(25,26)17-8-5-15(6-9-17)22-18(24)10-7-16-4-3-11-27-16/h3-12H,1-2H3,(H,22,24)(H,20,21,23)/b10-7-. The van der Waals surface area contributed by atoms with Crippen molar-refractivity contribution in [3.8, 4) is 0 Å². The molecule has 0 saturated heterocycles. The number of carbonyl (C=O) groups is 1. The smallest absolute Gasteiger partial charge is 0.264 e. The van der Waals surface area contributed by atoms with Gasteiger partial charge in [0.1, 0.15) is 0 Å². The average molecular weight is 415 g/mol. The molecule has 2 N–H and O–H groups in total. The number of benzene rings is 1. The van der Waals surface area contributed by atoms with Gasteiger partial charge in [-0.15, -0.1) is 11.3 Å². The zero-order valence-electron chi connectivity index (χ0n) is 15.2. The predicted octanol–water partition coefficient (Wildman–Crippen LogP) is 3.61. The third-order valence-electron chi connectivity index (χ3n) is 3.58. The van der Waals surface area contributed by atoms with Gasteiger partial charge in [-0.1, -0.05) is 6.07 Å². The van der Waals surface area contributed by atoms with Gasteiger partial charge in [0.2, 0.25) is 11.9 Å². The number of nitrogens with zero attached hydrogens (tertiary/aromatic N) is 2. The Balaban J connectivity index is 1.68. The first-order valence-electron chi connectivity index (χ1n) is 8.29. The molecule has 9 heteroatoms. The Morgan fingerprint density at radius 3 is 2.36 bits per heavy atom. The molecule has 28 heavy (non-hydrogen) atoms. The lowest BCUT2D eigenvalue weighted by Gasteiger charge is -2.09. The highest BCUT2D eigenvalue weighted by atomic mass is 32.2. The number of carbonyl (C=O) groups excluding carboxylic acids is 1. The van der Waals surface area contributed by atoms with Crippen molar-refractivity contribution in [3.05, 3.63) is 70.2 Å². The molecule has 7 nitrogen and oxygen atoms in total. The molecule has 0 fully saturated rings. The summed E-state index contributed by atoms with van der Waals surface area (Å²) in [5.41, 5.74) is 1.82. The molecule has 0 aliphatic carbocycles. The number of hydrogen-bond donors (Lipinski definition) is 2. The number of anilines is 2. The Morgan fingerprint density at radius 2 is 1.75 bits per heavy atom. The fourth-order valence-corrected chi connectivity index (χ4v) is 3.96. The highest BCUT2D eigenvalue weighted by molar-refractivity contribution is 7.92. The molecule has 1 aromatic carbocycles. The molecule has 0 aliphatic heterocycles. The molecule has 1 amide bonds. The van der Waals surface area contributed by atoms with Crippen LogP contribution in [-0.4, -0.2) is 24.3 Å². The van der Waals surface area contributed by atoms with Gasteiger partial charge in [0, 0.05) is 28.0 Å². The van der Waals surface area contributed by atoms with Crippen molar-refractivity contribution in [1.82, 2.24) is 9.97 Å². The number of sulfonamides is 1. The number of thiophene rings is 1. The maximum absolute atomic E-state index is 12.5. The largest absolute Gasteiger partial charge is 0.323 e. The maximum Gasteiger partial charge on any atom is 0.264 e. The fraction of sp³-hybridized carbons (Fsp3) is 0.105. The third-order valence-corrected chi connectivity index (χ3v) is 5.76. The SMILES string of the molecule is Cc1cc(C)nc(NS(=O)(=O)c2ccc(NC(=O)/C=C\c3cccs3)cc2)n1. The van der Waals surface area contributed by atoms with Gasteiger partial charge in [-0.3, -0.25) is 4.79 Å². The van der Waals surface area contributed by atoms with Crippen LogP contribution in [0.3, 0.4) is 0 Å². The topological polar surface area (TPSA) is 101 Å². The van der Waals surface area contributed by atoms with Crippen LogP contribution in [0.2, 0.25) is 0 Å². The van der Waals surface area contributed by atoms with E-state index in [1.807, 2.05) is 17.5 Å². The molecule has 2 aromatic heterocycles. The van der Waals surface area contributed by atoms with E-state index in [4.69, 9.17) is 0 Å². The van der Waals surface area contributed by atoms with Crippen molar-refractivity contribution >= 4 is 45.0 Å². The molecule has 0 radical (unpaired) electrons. The first kappa shape index (κ1) is 19.7. The van der Waals surface area contributed by atoms with Crippen molar-refractivity contribution in [1.29, 1.82) is 0 Å². The number of nitrogens with one attached hydrogen (secondary N) is 2. The second-order valence-electron chi connectivity index (χ2n) is 5.94. The zero-order chi connectivity index (χ0) is 20.1. The van der Waals surface area contributed by atoms with Crippen LogP contribution in [0, 0.1) is 13.8 Å². The van der Waals surface area contributed by atoms with E-state index in [-0.39, 0.29) is 16.8 Å². The Bertz CT molecular complexity index is 1090. The van der Waals surface area contributed by atoms with Gasteiger partial charge in [-0.05, 0) is 61.7 Å². The van der Waals surface area contributed by atoms with E-state index in [2.05, 4.69) is 20.0 Å². The van der Waals surface area contributed by atoms with E-state index in [1.54, 1.807) is 26.0 Å². The number of rotatable bonds is 6. The van der Waals surface area contributed by atoms with Crippen LogP contribution < -0.4 is 10.0 Å². The molecule has 0 bridgehead atoms. The summed E-state index contributed by atoms with van der Waals surface area (Å²) in [6.07, 6.45) is 3.14. The maximum atomic E-state index is 12.5. The summed E-state index contributed by atoms with van der Waals surface area (Å²) in [5, 5.41) is 4.61. The van der Waals surface area contributed by atoms with E-state index in [0.717, 1.165) is 4.88 Å². The van der Waals surface area contributed by atoms with Crippen molar-refractivity contribution in [2.24, 2.45) is 0 Å². The monoisotopic (exact) mass is 414 g/mol. The summed E-state index contributed by atoms with van der Waals surface area (Å²) in [6, 6.07) is 11.4. The fourth-order valence-electron chi connectivity index (χ4n) is 2.40. The Kier molecular flexibility index (Phi) is 5.86. The van der Waals surface area contributed by atoms with Gasteiger partial charge in [0.05, 0.1) is 4.90 Å². The second kappa shape index (κ2) is 8.32. The zero-order valence-corrected chi connectivity index (χ0v) is 16.8. The van der Waals surface area contributed by atoms with Gasteiger partial charge < -0.3 is 5.32 Å². The summed E-state index contributed by atoms with van der Waals surface area (Å²) < 4.78 is 27.4. The van der Waals surface area contributed by atoms with Crippen LogP contribution in [-0.2, 0) is 14.8 Å². The van der Waals surface area contributed by atoms with Crippen LogP contribution in [0.1, 0.15) is 16.3 Å². The van der Waals surface area contributed by atoms with E-state index >= 15 is 0 Å². The van der Waals surface area contributed by atoms with Crippen molar-refractivity contribution in [2.45, 2.75) is 18.7 Å². The first-order valence-corrected chi connectivity index (χ1v) is 10.7. The molecule has 0 unspecified atom stereocenters. The minimum Gasteiger partial charge on any atom is -0.323 e. The number of aromatic nitrogens is 2. The predicted molar refractivity (Wildman–Crippen MR) is 111 cm³/mol. The first-order chi connectivity index (χ1) is 13.3. The summed E-state index contributed by atoms with van der Waals surface area (Å²) in [7, 11) is -3.83. The molecular formula is C19H18N4O3S2. The van der Waals surface area contributed by atoms with E-state index in [0.29, 0.717) is 17.1 Å². The lowest BCUT2D eigenvalue weighted by atomic mass is 10.3. The Morgan fingerprint density at radius 1 is 1.07 bits per heavy atom. The van der Waals surface area contributed by atoms with Gasteiger partial charge in [0.15, 0.2) is 0 Å². The molecule has 2 heterocycles. The van der Waals surface area contributed by atoms with Gasteiger partial charge >= 0.3 is 0 Å². The van der Waals surface area contributed by atoms with Gasteiger partial charge in [0.25, 0.3) is 10.0 Å². The molecule has 144 valence electrons. The molecule has 3 rings (SSSR count). The van der Waals surface area contributed by atoms with Crippen molar-refractivity contribution in [3.63, 3.8) is 0 Å². The van der Waals surface area contributed by atoms with Crippen LogP contribution in [0.5, 0.6) is 0 Å². The number of hydrogen-bond acceptors (Lipinski definition) is 6. The van der Waals surface area contributed by atoms with E-state index in [9.17, 15) is 13.2 Å². The number of amides is 1. The van der Waals surface area contributed by atoms with Crippen LogP contribution in [0.25, 0.3) is 6.08 Å². The lowest BCUT2D eigenvalue weighted by molar-refractivity contribution is -0.111. The minimum atomic E-state index is -3.83. The Hall–Kier alpha value is -3.04. The molecular weight excluding hydrogens is 396 g/mol. The average Bonchev–Trinajstić information content (AvgIpc) is 3.13. The van der Waals surface area contributed by atoms with Gasteiger partial charge in [-0.25, -0.2) is 23.1 Å². The van der Waals surface area contributed by atoms with Gasteiger partial charge in [-0.2, -0.15) is 0 Å². The molecule has 0 spiro atoms. The van der Waals surface area contributed by atoms with Crippen molar-refractivity contribution < 1.29 is 13.2 Å². The third kappa shape index (κ3) is 5.24. The number of aryl methyl sites for hydroxylation is 2. The van der Waals surface area contributed by atoms with Crippen LogP contribution in [0.15, 0.2) is 58.8 Å². The summed E-state index contributed by atoms with van der Waals surface area (Å²) in [4.78, 5) is 21.1. The van der Waals surface area contributed by atoms with E-state index < -0.39 is 10.0 Å². The summed E-state index contributed by atoms with van der Waals surface area (Å²) >= 11 is 1.53. The highest BCUT2D eigenvalue weighted by Crippen LogP contribution is 2.17. The van der Waals surface area contributed by atoms with E-state index in [1.165, 1.54) is 41.7 Å². The highest BCUT2D eigenvalue weighted by Gasteiger charge is 2.16. The quantitative estimate of drug-likeness (QED) is 0.600. The Labute approximate surface area is 167 Å². The molecule has 0 atom stereocenters.